The highest BCUT2D eigenvalue weighted by Gasteiger charge is 2.14. The fraction of sp³-hybridized carbons (Fsp3) is 0.533. The molecule has 3 N–H and O–H groups in total. The van der Waals surface area contributed by atoms with Gasteiger partial charge in [0, 0.05) is 5.56 Å². The predicted octanol–water partition coefficient (Wildman–Crippen LogP) is 3.35. The smallest absolute Gasteiger partial charge is 0.123 e. The van der Waals surface area contributed by atoms with Gasteiger partial charge in [0.25, 0.3) is 0 Å². The molecule has 0 radical (unpaired) electrons. The van der Waals surface area contributed by atoms with Gasteiger partial charge in [-0.1, -0.05) is 31.7 Å². The second-order valence-corrected chi connectivity index (χ2v) is 5.14. The molecule has 0 atom stereocenters. The Hall–Kier alpha value is -1.42. The van der Waals surface area contributed by atoms with Gasteiger partial charge >= 0.3 is 0 Å². The average molecular weight is 264 g/mol. The highest BCUT2D eigenvalue weighted by Crippen LogP contribution is 2.21. The summed E-state index contributed by atoms with van der Waals surface area (Å²) in [6, 6.07) is 4.34. The third kappa shape index (κ3) is 4.03. The van der Waals surface area contributed by atoms with Gasteiger partial charge in [0.2, 0.25) is 0 Å². The van der Waals surface area contributed by atoms with Crippen LogP contribution in [0.4, 0.5) is 4.39 Å². The molecule has 1 aromatic rings. The first-order valence-electron chi connectivity index (χ1n) is 6.91. The van der Waals surface area contributed by atoms with Crippen molar-refractivity contribution in [3.63, 3.8) is 0 Å². The van der Waals surface area contributed by atoms with Gasteiger partial charge in [0.15, 0.2) is 0 Å². The zero-order valence-corrected chi connectivity index (χ0v) is 11.1. The van der Waals surface area contributed by atoms with Gasteiger partial charge in [0.05, 0.1) is 12.7 Å². The van der Waals surface area contributed by atoms with E-state index in [1.54, 1.807) is 6.07 Å². The number of hydrogen-bond acceptors (Lipinski definition) is 2. The van der Waals surface area contributed by atoms with Gasteiger partial charge in [-0.25, -0.2) is 4.39 Å². The lowest BCUT2D eigenvalue weighted by Gasteiger charge is -2.16. The van der Waals surface area contributed by atoms with Gasteiger partial charge in [-0.05, 0) is 30.5 Å². The number of halogens is 1. The average Bonchev–Trinajstić information content (AvgIpc) is 2.65. The van der Waals surface area contributed by atoms with E-state index in [9.17, 15) is 4.39 Å². The maximum atomic E-state index is 13.2. The molecule has 0 heterocycles. The van der Waals surface area contributed by atoms with E-state index in [1.165, 1.54) is 37.8 Å². The molecule has 0 unspecified atom stereocenters. The minimum Gasteiger partial charge on any atom is -0.384 e. The Kier molecular flexibility index (Phi) is 4.91. The van der Waals surface area contributed by atoms with Crippen molar-refractivity contribution in [3.05, 3.63) is 35.1 Å². The lowest BCUT2D eigenvalue weighted by molar-refractivity contribution is 0.0309. The summed E-state index contributed by atoms with van der Waals surface area (Å²) in [7, 11) is 0. The normalized spacial score (nSPS) is 17.1. The molecule has 0 aliphatic heterocycles. The second kappa shape index (κ2) is 6.66. The number of nitrogens with two attached hydrogens (primary N) is 1. The van der Waals surface area contributed by atoms with Crippen molar-refractivity contribution in [2.24, 2.45) is 5.73 Å². The summed E-state index contributed by atoms with van der Waals surface area (Å²) < 4.78 is 19.1. The summed E-state index contributed by atoms with van der Waals surface area (Å²) in [6.07, 6.45) is 7.48. The number of ether oxygens (including phenoxy) is 1. The monoisotopic (exact) mass is 264 g/mol. The predicted molar refractivity (Wildman–Crippen MR) is 73.7 cm³/mol. The van der Waals surface area contributed by atoms with E-state index in [2.05, 4.69) is 0 Å². The Balaban J connectivity index is 2.00. The zero-order chi connectivity index (χ0) is 13.7. The molecule has 19 heavy (non-hydrogen) atoms. The van der Waals surface area contributed by atoms with Crippen molar-refractivity contribution in [2.45, 2.75) is 51.2 Å². The van der Waals surface area contributed by atoms with E-state index in [1.807, 2.05) is 0 Å². The van der Waals surface area contributed by atoms with E-state index in [0.29, 0.717) is 12.2 Å². The second-order valence-electron chi connectivity index (χ2n) is 5.14. The van der Waals surface area contributed by atoms with Crippen LogP contribution in [0.25, 0.3) is 0 Å². The molecule has 1 aliphatic rings. The molecule has 1 fully saturated rings. The van der Waals surface area contributed by atoms with Crippen molar-refractivity contribution >= 4 is 5.84 Å². The summed E-state index contributed by atoms with van der Waals surface area (Å²) >= 11 is 0. The lowest BCUT2D eigenvalue weighted by Crippen LogP contribution is -2.17. The summed E-state index contributed by atoms with van der Waals surface area (Å²) in [5, 5.41) is 7.49. The molecule has 0 amide bonds. The molecule has 1 aliphatic carbocycles. The molecule has 104 valence electrons. The minimum atomic E-state index is -0.372. The SMILES string of the molecule is N=C(N)c1cc(F)ccc1COC1CCCCCC1. The molecular weight excluding hydrogens is 243 g/mol. The van der Waals surface area contributed by atoms with Crippen LogP contribution in [-0.4, -0.2) is 11.9 Å². The first-order chi connectivity index (χ1) is 9.16. The Morgan fingerprint density at radius 3 is 2.58 bits per heavy atom. The molecule has 0 aromatic heterocycles. The fourth-order valence-corrected chi connectivity index (χ4v) is 2.54. The highest BCUT2D eigenvalue weighted by atomic mass is 19.1. The standard InChI is InChI=1S/C15H21FN2O/c16-12-8-7-11(14(9-12)15(17)18)10-19-13-5-3-1-2-4-6-13/h7-9,13H,1-6,10H2,(H3,17,18). The van der Waals surface area contributed by atoms with Gasteiger partial charge in [-0.15, -0.1) is 0 Å². The minimum absolute atomic E-state index is 0.112. The van der Waals surface area contributed by atoms with Crippen molar-refractivity contribution in [2.75, 3.05) is 0 Å². The van der Waals surface area contributed by atoms with Crippen LogP contribution in [0, 0.1) is 11.2 Å². The van der Waals surface area contributed by atoms with Gasteiger partial charge < -0.3 is 10.5 Å². The van der Waals surface area contributed by atoms with Crippen LogP contribution in [0.15, 0.2) is 18.2 Å². The van der Waals surface area contributed by atoms with E-state index in [0.717, 1.165) is 18.4 Å². The quantitative estimate of drug-likeness (QED) is 0.498. The van der Waals surface area contributed by atoms with E-state index >= 15 is 0 Å². The number of benzene rings is 1. The van der Waals surface area contributed by atoms with Crippen molar-refractivity contribution in [1.29, 1.82) is 5.41 Å². The molecule has 4 heteroatoms. The molecule has 0 bridgehead atoms. The molecule has 1 aromatic carbocycles. The van der Waals surface area contributed by atoms with Crippen LogP contribution in [0.1, 0.15) is 49.7 Å². The Bertz CT molecular complexity index is 440. The topological polar surface area (TPSA) is 59.1 Å². The largest absolute Gasteiger partial charge is 0.384 e. The third-order valence-electron chi connectivity index (χ3n) is 3.64. The summed E-state index contributed by atoms with van der Waals surface area (Å²) in [5.41, 5.74) is 6.71. The van der Waals surface area contributed by atoms with Crippen molar-refractivity contribution < 1.29 is 9.13 Å². The van der Waals surface area contributed by atoms with E-state index < -0.39 is 0 Å². The Labute approximate surface area is 113 Å². The van der Waals surface area contributed by atoms with Crippen LogP contribution in [0.5, 0.6) is 0 Å². The maximum Gasteiger partial charge on any atom is 0.123 e. The van der Waals surface area contributed by atoms with Crippen LogP contribution >= 0.6 is 0 Å². The lowest BCUT2D eigenvalue weighted by atomic mass is 10.1. The van der Waals surface area contributed by atoms with Gasteiger partial charge in [0.1, 0.15) is 11.7 Å². The van der Waals surface area contributed by atoms with Crippen LogP contribution in [-0.2, 0) is 11.3 Å². The first-order valence-corrected chi connectivity index (χ1v) is 6.91. The molecule has 0 spiro atoms. The van der Waals surface area contributed by atoms with Gasteiger partial charge in [-0.2, -0.15) is 0 Å². The first kappa shape index (κ1) is 14.0. The molecule has 1 saturated carbocycles. The van der Waals surface area contributed by atoms with Crippen LogP contribution in [0.2, 0.25) is 0 Å². The number of hydrogen-bond donors (Lipinski definition) is 2. The van der Waals surface area contributed by atoms with Crippen molar-refractivity contribution in [1.82, 2.24) is 0 Å². The van der Waals surface area contributed by atoms with Gasteiger partial charge in [-0.3, -0.25) is 5.41 Å². The highest BCUT2D eigenvalue weighted by molar-refractivity contribution is 5.96. The third-order valence-corrected chi connectivity index (χ3v) is 3.64. The van der Waals surface area contributed by atoms with E-state index in [-0.39, 0.29) is 17.8 Å². The number of rotatable bonds is 4. The summed E-state index contributed by atoms with van der Waals surface area (Å²) in [6.45, 7) is 0.403. The molecule has 0 saturated heterocycles. The Morgan fingerprint density at radius 2 is 1.95 bits per heavy atom. The number of nitrogen functional groups attached to an aromatic ring is 1. The van der Waals surface area contributed by atoms with Crippen LogP contribution in [0.3, 0.4) is 0 Å². The number of amidine groups is 1. The summed E-state index contributed by atoms with van der Waals surface area (Å²) in [4.78, 5) is 0. The zero-order valence-electron chi connectivity index (χ0n) is 11.1. The van der Waals surface area contributed by atoms with E-state index in [4.69, 9.17) is 15.9 Å². The van der Waals surface area contributed by atoms with Crippen LogP contribution < -0.4 is 5.73 Å². The molecular formula is C15H21FN2O. The fourth-order valence-electron chi connectivity index (χ4n) is 2.54. The summed E-state index contributed by atoms with van der Waals surface area (Å²) in [5.74, 6) is -0.484. The molecule has 2 rings (SSSR count). The number of nitrogens with one attached hydrogen (secondary N) is 1. The van der Waals surface area contributed by atoms with Crippen molar-refractivity contribution in [3.8, 4) is 0 Å². The Morgan fingerprint density at radius 1 is 1.26 bits per heavy atom. The molecule has 3 nitrogen and oxygen atoms in total. The maximum absolute atomic E-state index is 13.2.